The Hall–Kier alpha value is -2.17. The molecule has 0 N–H and O–H groups in total. The predicted octanol–water partition coefficient (Wildman–Crippen LogP) is 3.74. The minimum atomic E-state index is 0.00408. The maximum absolute atomic E-state index is 12.5. The molecule has 3 rings (SSSR count). The molecule has 24 heavy (non-hydrogen) atoms. The van der Waals surface area contributed by atoms with Crippen molar-refractivity contribution < 1.29 is 0 Å². The SMILES string of the molecule is C[C@@H](c1cccc(Cl)c1)N(C)CCn1cnc2ccccc2c1=O. The number of hydrogen-bond acceptors (Lipinski definition) is 3. The molecule has 0 fully saturated rings. The van der Waals surface area contributed by atoms with Gasteiger partial charge in [0.05, 0.1) is 17.2 Å². The lowest BCUT2D eigenvalue weighted by Gasteiger charge is -2.25. The molecule has 0 unspecified atom stereocenters. The molecule has 5 heteroatoms. The largest absolute Gasteiger partial charge is 0.298 e. The second-order valence-electron chi connectivity index (χ2n) is 5.97. The Morgan fingerprint density at radius 3 is 2.79 bits per heavy atom. The van der Waals surface area contributed by atoms with E-state index >= 15 is 0 Å². The molecule has 0 aliphatic heterocycles. The van der Waals surface area contributed by atoms with Gasteiger partial charge in [0.25, 0.3) is 5.56 Å². The van der Waals surface area contributed by atoms with E-state index in [0.29, 0.717) is 11.9 Å². The minimum absolute atomic E-state index is 0.00408. The van der Waals surface area contributed by atoms with Crippen LogP contribution < -0.4 is 5.56 Å². The highest BCUT2D eigenvalue weighted by Gasteiger charge is 2.12. The zero-order chi connectivity index (χ0) is 17.1. The van der Waals surface area contributed by atoms with Gasteiger partial charge in [0.2, 0.25) is 0 Å². The van der Waals surface area contributed by atoms with E-state index in [1.54, 1.807) is 10.9 Å². The Labute approximate surface area is 146 Å². The van der Waals surface area contributed by atoms with Crippen LogP contribution in [0.5, 0.6) is 0 Å². The van der Waals surface area contributed by atoms with Crippen molar-refractivity contribution in [1.82, 2.24) is 14.5 Å². The van der Waals surface area contributed by atoms with Crippen LogP contribution in [0, 0.1) is 0 Å². The fraction of sp³-hybridized carbons (Fsp3) is 0.263. The van der Waals surface area contributed by atoms with Crippen molar-refractivity contribution >= 4 is 22.5 Å². The summed E-state index contributed by atoms with van der Waals surface area (Å²) in [5.74, 6) is 0. The van der Waals surface area contributed by atoms with Gasteiger partial charge in [-0.15, -0.1) is 0 Å². The fourth-order valence-corrected chi connectivity index (χ4v) is 2.94. The molecule has 0 radical (unpaired) electrons. The van der Waals surface area contributed by atoms with Crippen LogP contribution in [0.2, 0.25) is 5.02 Å². The average Bonchev–Trinajstić information content (AvgIpc) is 2.60. The van der Waals surface area contributed by atoms with Crippen LogP contribution in [0.15, 0.2) is 59.7 Å². The normalized spacial score (nSPS) is 12.7. The molecule has 0 amide bonds. The Morgan fingerprint density at radius 1 is 1.21 bits per heavy atom. The highest BCUT2D eigenvalue weighted by Crippen LogP contribution is 2.21. The van der Waals surface area contributed by atoms with Crippen LogP contribution in [0.4, 0.5) is 0 Å². The van der Waals surface area contributed by atoms with Gasteiger partial charge in [0.1, 0.15) is 0 Å². The zero-order valence-electron chi connectivity index (χ0n) is 13.8. The van der Waals surface area contributed by atoms with Crippen molar-refractivity contribution in [2.75, 3.05) is 13.6 Å². The number of rotatable bonds is 5. The van der Waals surface area contributed by atoms with Crippen LogP contribution >= 0.6 is 11.6 Å². The summed E-state index contributed by atoms with van der Waals surface area (Å²) in [5, 5.41) is 1.40. The third kappa shape index (κ3) is 3.50. The van der Waals surface area contributed by atoms with Gasteiger partial charge in [0, 0.05) is 24.2 Å². The summed E-state index contributed by atoms with van der Waals surface area (Å²) in [7, 11) is 2.05. The third-order valence-corrected chi connectivity index (χ3v) is 4.65. The van der Waals surface area contributed by atoms with Crippen molar-refractivity contribution in [2.45, 2.75) is 19.5 Å². The minimum Gasteiger partial charge on any atom is -0.298 e. The maximum atomic E-state index is 12.5. The third-order valence-electron chi connectivity index (χ3n) is 4.42. The number of likely N-dealkylation sites (N-methyl/N-ethyl adjacent to an activating group) is 1. The Balaban J connectivity index is 1.73. The van der Waals surface area contributed by atoms with Gasteiger partial charge in [-0.05, 0) is 43.8 Å². The highest BCUT2D eigenvalue weighted by atomic mass is 35.5. The van der Waals surface area contributed by atoms with Crippen LogP contribution in [0.3, 0.4) is 0 Å². The first-order valence-electron chi connectivity index (χ1n) is 7.96. The van der Waals surface area contributed by atoms with E-state index in [4.69, 9.17) is 11.6 Å². The summed E-state index contributed by atoms with van der Waals surface area (Å²) >= 11 is 6.07. The van der Waals surface area contributed by atoms with Gasteiger partial charge in [0.15, 0.2) is 0 Å². The lowest BCUT2D eigenvalue weighted by Crippen LogP contribution is -2.30. The molecule has 124 valence electrons. The van der Waals surface area contributed by atoms with Crippen molar-refractivity contribution in [2.24, 2.45) is 0 Å². The molecular formula is C19H20ClN3O. The fourth-order valence-electron chi connectivity index (χ4n) is 2.75. The van der Waals surface area contributed by atoms with Crippen LogP contribution in [0.1, 0.15) is 18.5 Å². The molecule has 0 saturated carbocycles. The van der Waals surface area contributed by atoms with E-state index in [9.17, 15) is 4.79 Å². The quantitative estimate of drug-likeness (QED) is 0.709. The summed E-state index contributed by atoms with van der Waals surface area (Å²) in [5.41, 5.74) is 1.90. The van der Waals surface area contributed by atoms with E-state index in [-0.39, 0.29) is 11.6 Å². The molecular weight excluding hydrogens is 322 g/mol. The standard InChI is InChI=1S/C19H20ClN3O/c1-14(15-6-5-7-16(20)12-15)22(2)10-11-23-13-21-18-9-4-3-8-17(18)19(23)24/h3-9,12-14H,10-11H2,1-2H3/t14-/m0/s1. The van der Waals surface area contributed by atoms with Crippen LogP contribution in [-0.4, -0.2) is 28.0 Å². The predicted molar refractivity (Wildman–Crippen MR) is 98.5 cm³/mol. The molecule has 3 aromatic rings. The molecule has 1 atom stereocenters. The van der Waals surface area contributed by atoms with Gasteiger partial charge >= 0.3 is 0 Å². The van der Waals surface area contributed by atoms with Crippen LogP contribution in [0.25, 0.3) is 10.9 Å². The Kier molecular flexibility index (Phi) is 4.97. The number of benzene rings is 2. The number of fused-ring (bicyclic) bond motifs is 1. The summed E-state index contributed by atoms with van der Waals surface area (Å²) in [6.45, 7) is 3.47. The van der Waals surface area contributed by atoms with Crippen molar-refractivity contribution in [3.05, 3.63) is 75.8 Å². The second kappa shape index (κ2) is 7.16. The average molecular weight is 342 g/mol. The molecule has 0 spiro atoms. The summed E-state index contributed by atoms with van der Waals surface area (Å²) in [6, 6.07) is 15.5. The first-order valence-corrected chi connectivity index (χ1v) is 8.34. The molecule has 2 aromatic carbocycles. The molecule has 1 heterocycles. The first-order chi connectivity index (χ1) is 11.6. The van der Waals surface area contributed by atoms with E-state index in [1.807, 2.05) is 49.5 Å². The zero-order valence-corrected chi connectivity index (χ0v) is 14.6. The topological polar surface area (TPSA) is 38.1 Å². The van der Waals surface area contributed by atoms with Gasteiger partial charge in [-0.1, -0.05) is 35.9 Å². The molecule has 4 nitrogen and oxygen atoms in total. The van der Waals surface area contributed by atoms with Gasteiger partial charge < -0.3 is 0 Å². The monoisotopic (exact) mass is 341 g/mol. The number of halogens is 1. The van der Waals surface area contributed by atoms with Crippen LogP contribution in [-0.2, 0) is 6.54 Å². The van der Waals surface area contributed by atoms with Crippen molar-refractivity contribution in [1.29, 1.82) is 0 Å². The van der Waals surface area contributed by atoms with E-state index in [1.165, 1.54) is 0 Å². The van der Waals surface area contributed by atoms with E-state index < -0.39 is 0 Å². The number of aromatic nitrogens is 2. The molecule has 0 bridgehead atoms. The first kappa shape index (κ1) is 16.7. The van der Waals surface area contributed by atoms with E-state index in [0.717, 1.165) is 22.6 Å². The Morgan fingerprint density at radius 2 is 2.00 bits per heavy atom. The number of para-hydroxylation sites is 1. The van der Waals surface area contributed by atoms with Crippen molar-refractivity contribution in [3.63, 3.8) is 0 Å². The number of nitrogens with zero attached hydrogens (tertiary/aromatic N) is 3. The summed E-state index contributed by atoms with van der Waals surface area (Å²) < 4.78 is 1.67. The van der Waals surface area contributed by atoms with Gasteiger partial charge in [-0.2, -0.15) is 0 Å². The highest BCUT2D eigenvalue weighted by molar-refractivity contribution is 6.30. The Bertz CT molecular complexity index is 906. The summed E-state index contributed by atoms with van der Waals surface area (Å²) in [6.07, 6.45) is 1.63. The lowest BCUT2D eigenvalue weighted by molar-refractivity contribution is 0.250. The van der Waals surface area contributed by atoms with Gasteiger partial charge in [-0.25, -0.2) is 4.98 Å². The van der Waals surface area contributed by atoms with Gasteiger partial charge in [-0.3, -0.25) is 14.3 Å². The number of hydrogen-bond donors (Lipinski definition) is 0. The molecule has 0 aliphatic carbocycles. The molecule has 0 saturated heterocycles. The molecule has 1 aromatic heterocycles. The maximum Gasteiger partial charge on any atom is 0.261 e. The smallest absolute Gasteiger partial charge is 0.261 e. The van der Waals surface area contributed by atoms with E-state index in [2.05, 4.69) is 22.9 Å². The molecule has 0 aliphatic rings. The summed E-state index contributed by atoms with van der Waals surface area (Å²) in [4.78, 5) is 19.1. The second-order valence-corrected chi connectivity index (χ2v) is 6.41. The van der Waals surface area contributed by atoms with Crippen molar-refractivity contribution in [3.8, 4) is 0 Å². The lowest BCUT2D eigenvalue weighted by atomic mass is 10.1.